The van der Waals surface area contributed by atoms with Crippen molar-refractivity contribution in [3.05, 3.63) is 0 Å². The minimum Gasteiger partial charge on any atom is -0.394 e. The molecule has 1 saturated heterocycles. The van der Waals surface area contributed by atoms with E-state index < -0.39 is 18.4 Å². The highest BCUT2D eigenvalue weighted by Gasteiger charge is 2.38. The molecule has 5 N–H and O–H groups in total. The first-order valence-electron chi connectivity index (χ1n) is 4.86. The number of hydrogen-bond acceptors (Lipinski definition) is 6. The molecule has 1 rings (SSSR count). The average molecular weight is 235 g/mol. The van der Waals surface area contributed by atoms with Crippen LogP contribution >= 0.6 is 0 Å². The fraction of sp³-hybridized carbons (Fsp3) is 0.875. The van der Waals surface area contributed by atoms with E-state index in [0.717, 1.165) is 0 Å². The Kier molecular flexibility index (Phi) is 4.90. The molecule has 3 atom stereocenters. The van der Waals surface area contributed by atoms with Gasteiger partial charge in [-0.1, -0.05) is 0 Å². The number of rotatable bonds is 4. The lowest BCUT2D eigenvalue weighted by molar-refractivity contribution is -0.201. The number of hydroxylamine groups is 2. The van der Waals surface area contributed by atoms with Gasteiger partial charge in [0, 0.05) is 7.11 Å². The standard InChI is InChI=1S/C8H17N3O5/c1-16-3-2-9-8-10-5(4-12)6(13)7(14)11(8)15/h5-7,12-15H,2-4H2,1H3,(H,9,10)/t5-,6+,7-/m1/s1. The van der Waals surface area contributed by atoms with Crippen LogP contribution < -0.4 is 5.32 Å². The highest BCUT2D eigenvalue weighted by atomic mass is 16.5. The van der Waals surface area contributed by atoms with Crippen molar-refractivity contribution in [3.63, 3.8) is 0 Å². The zero-order valence-corrected chi connectivity index (χ0v) is 8.94. The molecular weight excluding hydrogens is 218 g/mol. The molecule has 0 amide bonds. The minimum absolute atomic E-state index is 0.00565. The number of nitrogens with zero attached hydrogens (tertiary/aromatic N) is 2. The van der Waals surface area contributed by atoms with Gasteiger partial charge < -0.3 is 25.4 Å². The van der Waals surface area contributed by atoms with Crippen molar-refractivity contribution in [2.75, 3.05) is 26.9 Å². The van der Waals surface area contributed by atoms with Crippen molar-refractivity contribution in [1.82, 2.24) is 10.4 Å². The van der Waals surface area contributed by atoms with Gasteiger partial charge in [0.25, 0.3) is 0 Å². The summed E-state index contributed by atoms with van der Waals surface area (Å²) in [6.45, 7) is 0.272. The van der Waals surface area contributed by atoms with Gasteiger partial charge in [-0.05, 0) is 0 Å². The summed E-state index contributed by atoms with van der Waals surface area (Å²) in [4.78, 5) is 3.91. The van der Waals surface area contributed by atoms with Crippen molar-refractivity contribution >= 4 is 5.96 Å². The lowest BCUT2D eigenvalue weighted by Gasteiger charge is -2.38. The van der Waals surface area contributed by atoms with Crippen molar-refractivity contribution < 1.29 is 25.3 Å². The summed E-state index contributed by atoms with van der Waals surface area (Å²) >= 11 is 0. The monoisotopic (exact) mass is 235 g/mol. The zero-order chi connectivity index (χ0) is 12.1. The van der Waals surface area contributed by atoms with Gasteiger partial charge in [-0.2, -0.15) is 5.06 Å². The van der Waals surface area contributed by atoms with E-state index in [0.29, 0.717) is 11.7 Å². The van der Waals surface area contributed by atoms with E-state index in [4.69, 9.17) is 9.84 Å². The summed E-state index contributed by atoms with van der Waals surface area (Å²) in [5, 5.41) is 40.3. The van der Waals surface area contributed by atoms with Crippen LogP contribution in [0.2, 0.25) is 0 Å². The van der Waals surface area contributed by atoms with Gasteiger partial charge in [0.15, 0.2) is 6.23 Å². The van der Waals surface area contributed by atoms with Crippen LogP contribution in [0.25, 0.3) is 0 Å². The number of aliphatic imine (C=N–C) groups is 1. The molecule has 0 spiro atoms. The maximum Gasteiger partial charge on any atom is 0.221 e. The van der Waals surface area contributed by atoms with Crippen LogP contribution in [0.1, 0.15) is 0 Å². The van der Waals surface area contributed by atoms with Crippen LogP contribution in [0.3, 0.4) is 0 Å². The molecule has 0 saturated carbocycles. The van der Waals surface area contributed by atoms with Crippen molar-refractivity contribution in [2.24, 2.45) is 4.99 Å². The second-order valence-electron chi connectivity index (χ2n) is 3.38. The first-order valence-corrected chi connectivity index (χ1v) is 4.86. The lowest BCUT2D eigenvalue weighted by Crippen LogP contribution is -2.65. The molecule has 0 unspecified atom stereocenters. The lowest BCUT2D eigenvalue weighted by atomic mass is 10.1. The molecule has 0 aromatic carbocycles. The van der Waals surface area contributed by atoms with Crippen LogP contribution in [-0.2, 0) is 4.74 Å². The average Bonchev–Trinajstić information content (AvgIpc) is 2.29. The van der Waals surface area contributed by atoms with E-state index in [1.165, 1.54) is 7.11 Å². The van der Waals surface area contributed by atoms with E-state index in [1.54, 1.807) is 0 Å². The Balaban J connectivity index is 2.66. The second-order valence-corrected chi connectivity index (χ2v) is 3.38. The molecule has 0 bridgehead atoms. The van der Waals surface area contributed by atoms with E-state index in [-0.39, 0.29) is 19.1 Å². The van der Waals surface area contributed by atoms with Gasteiger partial charge in [0.2, 0.25) is 5.96 Å². The highest BCUT2D eigenvalue weighted by molar-refractivity contribution is 5.80. The third-order valence-electron chi connectivity index (χ3n) is 2.25. The first-order chi connectivity index (χ1) is 7.61. The summed E-state index contributed by atoms with van der Waals surface area (Å²) in [5.41, 5.74) is 0. The largest absolute Gasteiger partial charge is 0.394 e. The summed E-state index contributed by atoms with van der Waals surface area (Å²) in [6.07, 6.45) is -2.81. The maximum absolute atomic E-state index is 9.44. The van der Waals surface area contributed by atoms with Crippen molar-refractivity contribution in [1.29, 1.82) is 0 Å². The first kappa shape index (κ1) is 13.1. The molecule has 1 heterocycles. The third kappa shape index (κ3) is 2.80. The summed E-state index contributed by atoms with van der Waals surface area (Å²) < 4.78 is 4.77. The minimum atomic E-state index is -1.51. The Bertz CT molecular complexity index is 248. The van der Waals surface area contributed by atoms with Crippen molar-refractivity contribution in [2.45, 2.75) is 18.4 Å². The molecule has 8 nitrogen and oxygen atoms in total. The molecule has 1 aliphatic rings. The summed E-state index contributed by atoms with van der Waals surface area (Å²) in [5.74, 6) is -0.00565. The van der Waals surface area contributed by atoms with Gasteiger partial charge in [0.05, 0.1) is 25.8 Å². The zero-order valence-electron chi connectivity index (χ0n) is 8.94. The Morgan fingerprint density at radius 3 is 2.75 bits per heavy atom. The van der Waals surface area contributed by atoms with Gasteiger partial charge in [-0.3, -0.25) is 5.21 Å². The molecule has 0 aliphatic carbocycles. The Labute approximate surface area is 92.7 Å². The molecule has 16 heavy (non-hydrogen) atoms. The number of aliphatic hydroxyl groups excluding tert-OH is 3. The Morgan fingerprint density at radius 2 is 2.19 bits per heavy atom. The van der Waals surface area contributed by atoms with Gasteiger partial charge in [-0.15, -0.1) is 0 Å². The number of methoxy groups -OCH3 is 1. The van der Waals surface area contributed by atoms with Crippen LogP contribution in [0, 0.1) is 0 Å². The molecule has 94 valence electrons. The fourth-order valence-corrected chi connectivity index (χ4v) is 1.31. The maximum atomic E-state index is 9.44. The fourth-order valence-electron chi connectivity index (χ4n) is 1.31. The molecule has 0 aromatic heterocycles. The summed E-state index contributed by atoms with van der Waals surface area (Å²) in [6, 6.07) is -0.764. The molecule has 1 aliphatic heterocycles. The highest BCUT2D eigenvalue weighted by Crippen LogP contribution is 2.10. The molecular formula is C8H17N3O5. The Morgan fingerprint density at radius 1 is 1.50 bits per heavy atom. The number of hydrogen-bond donors (Lipinski definition) is 5. The van der Waals surface area contributed by atoms with Gasteiger partial charge >= 0.3 is 0 Å². The number of nitrogens with one attached hydrogen (secondary N) is 1. The van der Waals surface area contributed by atoms with E-state index in [1.807, 2.05) is 0 Å². The smallest absolute Gasteiger partial charge is 0.221 e. The van der Waals surface area contributed by atoms with E-state index in [9.17, 15) is 15.4 Å². The van der Waals surface area contributed by atoms with Crippen LogP contribution in [0.5, 0.6) is 0 Å². The predicted octanol–water partition coefficient (Wildman–Crippen LogP) is -2.68. The van der Waals surface area contributed by atoms with Gasteiger partial charge in [-0.25, -0.2) is 4.99 Å². The number of aliphatic hydroxyl groups is 3. The van der Waals surface area contributed by atoms with Crippen molar-refractivity contribution in [3.8, 4) is 0 Å². The second kappa shape index (κ2) is 5.97. The third-order valence-corrected chi connectivity index (χ3v) is 2.25. The number of ether oxygens (including phenoxy) is 1. The normalized spacial score (nSPS) is 32.9. The van der Waals surface area contributed by atoms with Crippen LogP contribution in [-0.4, -0.2) is 76.8 Å². The quantitative estimate of drug-likeness (QED) is 0.337. The topological polar surface area (TPSA) is 118 Å². The predicted molar refractivity (Wildman–Crippen MR) is 53.8 cm³/mol. The van der Waals surface area contributed by atoms with Crippen LogP contribution in [0.15, 0.2) is 4.99 Å². The van der Waals surface area contributed by atoms with E-state index >= 15 is 0 Å². The molecule has 0 radical (unpaired) electrons. The number of guanidine groups is 1. The van der Waals surface area contributed by atoms with E-state index in [2.05, 4.69) is 10.3 Å². The van der Waals surface area contributed by atoms with Crippen LogP contribution in [0.4, 0.5) is 0 Å². The molecule has 0 aromatic rings. The molecule has 1 fully saturated rings. The summed E-state index contributed by atoms with van der Waals surface area (Å²) in [7, 11) is 1.51. The van der Waals surface area contributed by atoms with Gasteiger partial charge in [0.1, 0.15) is 6.10 Å². The Hall–Kier alpha value is -0.930. The SMILES string of the molecule is COCCN=C1N[C@H](CO)[C@H](O)[C@@H](O)N1O. The molecule has 8 heteroatoms.